The highest BCUT2D eigenvalue weighted by atomic mass is 16.5. The van der Waals surface area contributed by atoms with Crippen molar-refractivity contribution in [3.8, 4) is 0 Å². The summed E-state index contributed by atoms with van der Waals surface area (Å²) in [5.74, 6) is 7.05. The lowest BCUT2D eigenvalue weighted by Crippen LogP contribution is -2.54. The van der Waals surface area contributed by atoms with Crippen LogP contribution in [0.3, 0.4) is 0 Å². The van der Waals surface area contributed by atoms with Gasteiger partial charge in [-0.2, -0.15) is 0 Å². The molecule has 0 aromatic rings. The average Bonchev–Trinajstić information content (AvgIpc) is 3.26. The molecule has 4 heteroatoms. The van der Waals surface area contributed by atoms with Gasteiger partial charge < -0.3 is 9.84 Å². The van der Waals surface area contributed by atoms with Crippen LogP contribution in [0.5, 0.6) is 0 Å². The van der Waals surface area contributed by atoms with Crippen molar-refractivity contribution < 1.29 is 14.6 Å². The van der Waals surface area contributed by atoms with Crippen molar-refractivity contribution in [3.63, 3.8) is 0 Å². The lowest BCUT2D eigenvalue weighted by atomic mass is 9.44. The first-order valence-corrected chi connectivity index (χ1v) is 14.2. The van der Waals surface area contributed by atoms with Crippen LogP contribution >= 0.6 is 0 Å². The molecule has 5 fully saturated rings. The number of nitrogens with one attached hydrogen (secondary N) is 1. The molecule has 0 aromatic heterocycles. The van der Waals surface area contributed by atoms with Crippen LogP contribution in [-0.2, 0) is 9.53 Å². The number of hydrogen-bond acceptors (Lipinski definition) is 3. The van der Waals surface area contributed by atoms with E-state index in [9.17, 15) is 0 Å². The zero-order valence-electron chi connectivity index (χ0n) is 22.2. The van der Waals surface area contributed by atoms with Crippen LogP contribution in [0.25, 0.3) is 0 Å². The van der Waals surface area contributed by atoms with E-state index in [0.29, 0.717) is 22.9 Å². The largest absolute Gasteiger partial charge is 0.483 e. The molecule has 4 aliphatic carbocycles. The molecule has 12 atom stereocenters. The molecular weight excluding hydrogens is 410 g/mol. The van der Waals surface area contributed by atoms with E-state index in [0.717, 1.165) is 48.0 Å². The second-order valence-electron chi connectivity index (χ2n) is 13.3. The first-order valence-electron chi connectivity index (χ1n) is 14.2. The van der Waals surface area contributed by atoms with Gasteiger partial charge in [-0.1, -0.05) is 54.4 Å². The maximum absolute atomic E-state index is 8.36. The van der Waals surface area contributed by atoms with Crippen molar-refractivity contribution in [1.82, 2.24) is 5.32 Å². The van der Waals surface area contributed by atoms with E-state index in [-0.39, 0.29) is 12.7 Å². The topological polar surface area (TPSA) is 58.6 Å². The molecule has 4 saturated carbocycles. The van der Waals surface area contributed by atoms with Gasteiger partial charge in [0.2, 0.25) is 0 Å². The van der Waals surface area contributed by atoms with Crippen LogP contribution < -0.4 is 5.32 Å². The molecule has 0 spiro atoms. The van der Waals surface area contributed by atoms with E-state index in [2.05, 4.69) is 46.9 Å². The quantitative estimate of drug-likeness (QED) is 0.464. The van der Waals surface area contributed by atoms with Crippen molar-refractivity contribution in [2.24, 2.45) is 58.2 Å². The Bertz CT molecular complexity index is 684. The van der Waals surface area contributed by atoms with Gasteiger partial charge in [0.1, 0.15) is 6.23 Å². The van der Waals surface area contributed by atoms with E-state index in [1.54, 1.807) is 0 Å². The summed E-state index contributed by atoms with van der Waals surface area (Å²) in [7, 11) is 0. The number of carbonyl (C=O) groups is 1. The molecule has 0 amide bonds. The van der Waals surface area contributed by atoms with Crippen LogP contribution in [-0.4, -0.2) is 30.5 Å². The summed E-state index contributed by atoms with van der Waals surface area (Å²) < 4.78 is 6.76. The zero-order chi connectivity index (χ0) is 24.0. The van der Waals surface area contributed by atoms with Crippen LogP contribution in [0.15, 0.2) is 0 Å². The summed E-state index contributed by atoms with van der Waals surface area (Å²) in [6, 6.07) is 0. The van der Waals surface area contributed by atoms with Gasteiger partial charge in [-0.25, -0.2) is 0 Å². The molecule has 0 bridgehead atoms. The van der Waals surface area contributed by atoms with Gasteiger partial charge in [-0.05, 0) is 97.2 Å². The summed E-state index contributed by atoms with van der Waals surface area (Å²) in [4.78, 5) is 8.36. The van der Waals surface area contributed by atoms with Crippen molar-refractivity contribution in [1.29, 1.82) is 0 Å². The molecule has 190 valence electrons. The third-order valence-corrected chi connectivity index (χ3v) is 11.7. The summed E-state index contributed by atoms with van der Waals surface area (Å²) in [6.07, 6.45) is 13.9. The third kappa shape index (κ3) is 4.30. The fraction of sp³-hybridized carbons (Fsp3) is 0.966. The zero-order valence-corrected chi connectivity index (χ0v) is 22.2. The average molecular weight is 462 g/mol. The Hall–Kier alpha value is -0.610. The van der Waals surface area contributed by atoms with Crippen molar-refractivity contribution in [2.45, 2.75) is 112 Å². The number of hydrogen-bond donors (Lipinski definition) is 2. The number of rotatable bonds is 4. The Morgan fingerprint density at radius 1 is 1.06 bits per heavy atom. The highest BCUT2D eigenvalue weighted by Gasteiger charge is 2.65. The standard InChI is InChI=1S/C28H49NO.CH2O2/c1-7-17(2)16-29-26-19(4)25-24(30-26)15-23-21-9-8-20-14-18(3)10-12-27(20,5)22(21)11-13-28(23,25)6;2-1-3/h17-26,29H,7-16H2,1-6H3;1H,(H,2,3)/t17-,18?,19-,20?,21+,22?,23?,24-,25?,26-,27-,28-;/m0./s1. The minimum atomic E-state index is -0.250. The number of carboxylic acid groups (broad SMARTS) is 1. The first kappa shape index (κ1) is 25.5. The Morgan fingerprint density at radius 2 is 1.76 bits per heavy atom. The Balaban J connectivity index is 0.000000821. The smallest absolute Gasteiger partial charge is 0.290 e. The summed E-state index contributed by atoms with van der Waals surface area (Å²) in [6.45, 7) is 15.9. The summed E-state index contributed by atoms with van der Waals surface area (Å²) in [5.41, 5.74) is 1.16. The van der Waals surface area contributed by atoms with E-state index < -0.39 is 0 Å². The fourth-order valence-electron chi connectivity index (χ4n) is 9.78. The first-order chi connectivity index (χ1) is 15.7. The molecule has 1 heterocycles. The predicted molar refractivity (Wildman–Crippen MR) is 134 cm³/mol. The van der Waals surface area contributed by atoms with Gasteiger partial charge in [-0.15, -0.1) is 0 Å². The van der Waals surface area contributed by atoms with E-state index in [1.807, 2.05) is 0 Å². The van der Waals surface area contributed by atoms with Crippen molar-refractivity contribution in [2.75, 3.05) is 6.54 Å². The summed E-state index contributed by atoms with van der Waals surface area (Å²) in [5, 5.41) is 10.7. The van der Waals surface area contributed by atoms with E-state index in [1.165, 1.54) is 57.8 Å². The molecule has 0 radical (unpaired) electrons. The molecule has 5 aliphatic rings. The number of fused-ring (bicyclic) bond motifs is 7. The molecule has 33 heavy (non-hydrogen) atoms. The lowest BCUT2D eigenvalue weighted by molar-refractivity contribution is -0.122. The summed E-state index contributed by atoms with van der Waals surface area (Å²) >= 11 is 0. The highest BCUT2D eigenvalue weighted by Crippen LogP contribution is 2.70. The van der Waals surface area contributed by atoms with Crippen LogP contribution in [0.4, 0.5) is 0 Å². The van der Waals surface area contributed by atoms with Gasteiger partial charge in [0, 0.05) is 12.5 Å². The molecule has 5 rings (SSSR count). The molecule has 1 aliphatic heterocycles. The number of ether oxygens (including phenoxy) is 1. The van der Waals surface area contributed by atoms with Gasteiger partial charge in [0.15, 0.2) is 0 Å². The van der Waals surface area contributed by atoms with E-state index >= 15 is 0 Å². The molecule has 4 nitrogen and oxygen atoms in total. The van der Waals surface area contributed by atoms with E-state index in [4.69, 9.17) is 14.6 Å². The lowest BCUT2D eigenvalue weighted by Gasteiger charge is -2.61. The Kier molecular flexibility index (Phi) is 7.57. The Morgan fingerprint density at radius 3 is 2.45 bits per heavy atom. The van der Waals surface area contributed by atoms with Gasteiger partial charge in [0.25, 0.3) is 6.47 Å². The minimum absolute atomic E-state index is 0.250. The Labute approximate surface area is 203 Å². The second-order valence-corrected chi connectivity index (χ2v) is 13.3. The van der Waals surface area contributed by atoms with Crippen molar-refractivity contribution >= 4 is 6.47 Å². The highest BCUT2D eigenvalue weighted by molar-refractivity contribution is 5.32. The van der Waals surface area contributed by atoms with Crippen molar-refractivity contribution in [3.05, 3.63) is 0 Å². The van der Waals surface area contributed by atoms with Gasteiger partial charge >= 0.3 is 0 Å². The normalized spacial score (nSPS) is 51.3. The van der Waals surface area contributed by atoms with Crippen LogP contribution in [0.2, 0.25) is 0 Å². The van der Waals surface area contributed by atoms with Gasteiger partial charge in [0.05, 0.1) is 6.10 Å². The molecular formula is C29H51NO3. The SMILES string of the molecule is CC[C@H](C)CN[C@H]1O[C@H]2CC3[C@@H]4CCC5CC(C)CC[C@]5(C)C4CC[C@]3(C)C2[C@@H]1C.O=CO. The predicted octanol–water partition coefficient (Wildman–Crippen LogP) is 6.59. The second kappa shape index (κ2) is 9.80. The fourth-order valence-corrected chi connectivity index (χ4v) is 9.78. The molecule has 5 unspecified atom stereocenters. The maximum atomic E-state index is 8.36. The van der Waals surface area contributed by atoms with Crippen LogP contribution in [0, 0.1) is 58.2 Å². The molecule has 1 saturated heterocycles. The third-order valence-electron chi connectivity index (χ3n) is 11.7. The monoisotopic (exact) mass is 461 g/mol. The minimum Gasteiger partial charge on any atom is -0.483 e. The van der Waals surface area contributed by atoms with Crippen LogP contribution in [0.1, 0.15) is 99.3 Å². The maximum Gasteiger partial charge on any atom is 0.290 e. The van der Waals surface area contributed by atoms with Gasteiger partial charge in [-0.3, -0.25) is 10.1 Å². The molecule has 2 N–H and O–H groups in total. The molecule has 0 aromatic carbocycles.